The number of carbonyl (C=O) groups is 2. The van der Waals surface area contributed by atoms with Crippen LogP contribution in [0, 0.1) is 0 Å². The van der Waals surface area contributed by atoms with Crippen LogP contribution in [0.1, 0.15) is 44.4 Å². The molecule has 4 nitrogen and oxygen atoms in total. The Kier molecular flexibility index (Phi) is 7.03. The molecule has 0 heterocycles. The van der Waals surface area contributed by atoms with Gasteiger partial charge in [0.2, 0.25) is 0 Å². The zero-order valence-electron chi connectivity index (χ0n) is 16.2. The minimum atomic E-state index is -0.527. The predicted molar refractivity (Wildman–Crippen MR) is 106 cm³/mol. The first-order chi connectivity index (χ1) is 12.6. The molecular weight excluding hydrogens is 364 g/mol. The van der Waals surface area contributed by atoms with E-state index in [1.54, 1.807) is 13.0 Å². The summed E-state index contributed by atoms with van der Waals surface area (Å²) in [4.78, 5) is 23.5. The van der Waals surface area contributed by atoms with Gasteiger partial charge in [0.25, 0.3) is 0 Å². The first kappa shape index (κ1) is 21.0. The van der Waals surface area contributed by atoms with Gasteiger partial charge in [0.1, 0.15) is 23.7 Å². The summed E-state index contributed by atoms with van der Waals surface area (Å²) in [6.45, 7) is 7.35. The largest absolute Gasteiger partial charge is 0.489 e. The van der Waals surface area contributed by atoms with E-state index in [4.69, 9.17) is 21.1 Å². The highest BCUT2D eigenvalue weighted by molar-refractivity contribution is 6.30. The van der Waals surface area contributed by atoms with Crippen molar-refractivity contribution in [1.29, 1.82) is 0 Å². The molecule has 0 aliphatic rings. The van der Waals surface area contributed by atoms with Crippen LogP contribution in [0.4, 0.5) is 0 Å². The molecule has 0 fully saturated rings. The van der Waals surface area contributed by atoms with Crippen LogP contribution >= 0.6 is 11.6 Å². The fourth-order valence-electron chi connectivity index (χ4n) is 2.68. The van der Waals surface area contributed by atoms with Crippen molar-refractivity contribution >= 4 is 23.4 Å². The van der Waals surface area contributed by atoms with E-state index < -0.39 is 5.60 Å². The molecule has 0 saturated carbocycles. The van der Waals surface area contributed by atoms with Gasteiger partial charge in [0.05, 0.1) is 6.42 Å². The number of rotatable bonds is 7. The van der Waals surface area contributed by atoms with Crippen LogP contribution in [-0.4, -0.2) is 17.4 Å². The number of ether oxygens (including phenoxy) is 2. The maximum absolute atomic E-state index is 12.1. The molecule has 0 radical (unpaired) electrons. The predicted octanol–water partition coefficient (Wildman–Crippen LogP) is 4.93. The molecule has 0 N–H and O–H groups in total. The van der Waals surface area contributed by atoms with Gasteiger partial charge in [-0.3, -0.25) is 9.59 Å². The Bertz CT molecular complexity index is 821. The number of halogens is 1. The summed E-state index contributed by atoms with van der Waals surface area (Å²) in [5.74, 6) is 0.397. The number of para-hydroxylation sites is 1. The molecule has 27 heavy (non-hydrogen) atoms. The number of Topliss-reactive ketones (excluding diaryl/α,β-unsaturated/α-hetero) is 1. The van der Waals surface area contributed by atoms with Gasteiger partial charge < -0.3 is 9.47 Å². The molecule has 0 saturated heterocycles. The van der Waals surface area contributed by atoms with Crippen LogP contribution in [0.3, 0.4) is 0 Å². The fraction of sp³-hybridized carbons (Fsp3) is 0.364. The topological polar surface area (TPSA) is 52.6 Å². The van der Waals surface area contributed by atoms with Crippen LogP contribution in [-0.2, 0) is 33.8 Å². The summed E-state index contributed by atoms with van der Waals surface area (Å²) >= 11 is 6.15. The van der Waals surface area contributed by atoms with E-state index in [-0.39, 0.29) is 24.8 Å². The quantitative estimate of drug-likeness (QED) is 0.631. The molecule has 0 unspecified atom stereocenters. The molecule has 0 atom stereocenters. The summed E-state index contributed by atoms with van der Waals surface area (Å²) < 4.78 is 11.3. The third kappa shape index (κ3) is 7.43. The van der Waals surface area contributed by atoms with E-state index in [9.17, 15) is 9.59 Å². The molecule has 0 aliphatic heterocycles. The van der Waals surface area contributed by atoms with E-state index >= 15 is 0 Å². The molecule has 0 bridgehead atoms. The van der Waals surface area contributed by atoms with Gasteiger partial charge in [0.15, 0.2) is 0 Å². The number of carbonyl (C=O) groups excluding carboxylic acids is 2. The third-order valence-electron chi connectivity index (χ3n) is 3.59. The maximum atomic E-state index is 12.1. The zero-order chi connectivity index (χ0) is 20.0. The van der Waals surface area contributed by atoms with E-state index in [2.05, 4.69) is 0 Å². The third-order valence-corrected chi connectivity index (χ3v) is 3.81. The van der Waals surface area contributed by atoms with E-state index in [1.807, 2.05) is 57.2 Å². The van der Waals surface area contributed by atoms with Crippen LogP contribution in [0.5, 0.6) is 5.75 Å². The average molecular weight is 389 g/mol. The normalized spacial score (nSPS) is 11.1. The molecule has 0 amide bonds. The molecular formula is C22H25ClO4. The van der Waals surface area contributed by atoms with Crippen molar-refractivity contribution in [1.82, 2.24) is 0 Å². The zero-order valence-corrected chi connectivity index (χ0v) is 16.9. The maximum Gasteiger partial charge on any atom is 0.310 e. The van der Waals surface area contributed by atoms with Gasteiger partial charge in [-0.05, 0) is 57.0 Å². The molecule has 144 valence electrons. The van der Waals surface area contributed by atoms with E-state index in [0.717, 1.165) is 16.7 Å². The van der Waals surface area contributed by atoms with E-state index in [0.29, 0.717) is 17.2 Å². The van der Waals surface area contributed by atoms with Gasteiger partial charge in [-0.15, -0.1) is 0 Å². The van der Waals surface area contributed by atoms with Gasteiger partial charge in [0, 0.05) is 17.0 Å². The number of benzene rings is 2. The molecule has 2 aromatic rings. The average Bonchev–Trinajstić information content (AvgIpc) is 2.51. The Balaban J connectivity index is 2.09. The van der Waals surface area contributed by atoms with Crippen LogP contribution in [0.25, 0.3) is 0 Å². The summed E-state index contributed by atoms with van der Waals surface area (Å²) in [6, 6.07) is 12.9. The Morgan fingerprint density at radius 2 is 1.67 bits per heavy atom. The molecule has 2 rings (SSSR count). The second-order valence-electron chi connectivity index (χ2n) is 7.51. The standard InChI is InChI=1S/C22H25ClO4/c1-15(24)9-16-10-17(12-19(23)11-16)14-26-20-8-6-5-7-18(20)13-21(25)27-22(2,3)4/h5-8,10-12H,9,13-14H2,1-4H3. The first-order valence-corrected chi connectivity index (χ1v) is 9.20. The van der Waals surface area contributed by atoms with Crippen molar-refractivity contribution in [3.8, 4) is 5.75 Å². The van der Waals surface area contributed by atoms with Crippen molar-refractivity contribution in [2.45, 2.75) is 52.7 Å². The second-order valence-corrected chi connectivity index (χ2v) is 7.94. The highest BCUT2D eigenvalue weighted by atomic mass is 35.5. The van der Waals surface area contributed by atoms with Gasteiger partial charge >= 0.3 is 5.97 Å². The fourth-order valence-corrected chi connectivity index (χ4v) is 2.96. The van der Waals surface area contributed by atoms with Crippen molar-refractivity contribution < 1.29 is 19.1 Å². The molecule has 2 aromatic carbocycles. The first-order valence-electron chi connectivity index (χ1n) is 8.83. The second kappa shape index (κ2) is 9.05. The van der Waals surface area contributed by atoms with Crippen molar-refractivity contribution in [2.24, 2.45) is 0 Å². The Morgan fingerprint density at radius 3 is 2.33 bits per heavy atom. The molecule has 0 spiro atoms. The van der Waals surface area contributed by atoms with Crippen LogP contribution < -0.4 is 4.74 Å². The number of esters is 1. The van der Waals surface area contributed by atoms with Crippen molar-refractivity contribution in [3.63, 3.8) is 0 Å². The monoisotopic (exact) mass is 388 g/mol. The Morgan fingerprint density at radius 1 is 1.00 bits per heavy atom. The van der Waals surface area contributed by atoms with Gasteiger partial charge in [-0.25, -0.2) is 0 Å². The summed E-state index contributed by atoms with van der Waals surface area (Å²) in [5, 5.41) is 0.564. The summed E-state index contributed by atoms with van der Waals surface area (Å²) in [6.07, 6.45) is 0.474. The lowest BCUT2D eigenvalue weighted by Gasteiger charge is -2.20. The summed E-state index contributed by atoms with van der Waals surface area (Å²) in [5.41, 5.74) is 1.96. The number of ketones is 1. The van der Waals surface area contributed by atoms with Gasteiger partial charge in [-0.1, -0.05) is 35.9 Å². The minimum absolute atomic E-state index is 0.0758. The van der Waals surface area contributed by atoms with Crippen molar-refractivity contribution in [2.75, 3.05) is 0 Å². The van der Waals surface area contributed by atoms with Crippen molar-refractivity contribution in [3.05, 3.63) is 64.2 Å². The lowest BCUT2D eigenvalue weighted by Crippen LogP contribution is -2.25. The Hall–Kier alpha value is -2.33. The lowest BCUT2D eigenvalue weighted by molar-refractivity contribution is -0.153. The highest BCUT2D eigenvalue weighted by Gasteiger charge is 2.18. The minimum Gasteiger partial charge on any atom is -0.489 e. The summed E-state index contributed by atoms with van der Waals surface area (Å²) in [7, 11) is 0. The molecule has 5 heteroatoms. The van der Waals surface area contributed by atoms with Crippen LogP contribution in [0.15, 0.2) is 42.5 Å². The smallest absolute Gasteiger partial charge is 0.310 e. The molecule has 0 aliphatic carbocycles. The van der Waals surface area contributed by atoms with E-state index in [1.165, 1.54) is 0 Å². The molecule has 0 aromatic heterocycles. The Labute approximate surface area is 165 Å². The SMILES string of the molecule is CC(=O)Cc1cc(Cl)cc(COc2ccccc2CC(=O)OC(C)(C)C)c1. The van der Waals surface area contributed by atoms with Crippen LogP contribution in [0.2, 0.25) is 5.02 Å². The number of hydrogen-bond acceptors (Lipinski definition) is 4. The lowest BCUT2D eigenvalue weighted by atomic mass is 10.1. The van der Waals surface area contributed by atoms with Gasteiger partial charge in [-0.2, -0.15) is 0 Å². The highest BCUT2D eigenvalue weighted by Crippen LogP contribution is 2.23. The number of hydrogen-bond donors (Lipinski definition) is 0.